The van der Waals surface area contributed by atoms with E-state index in [1.54, 1.807) is 29.2 Å². The minimum Gasteiger partial charge on any atom is -0.410 e. The van der Waals surface area contributed by atoms with Gasteiger partial charge >= 0.3 is 6.09 Å². The average molecular weight is 488 g/mol. The molecule has 1 unspecified atom stereocenters. The number of benzene rings is 3. The minimum atomic E-state index is -1.18. The average Bonchev–Trinajstić information content (AvgIpc) is 3.21. The molecule has 1 saturated heterocycles. The Kier molecular flexibility index (Phi) is 8.36. The predicted octanol–water partition coefficient (Wildman–Crippen LogP) is 3.73. The van der Waals surface area contributed by atoms with Crippen LogP contribution in [0.1, 0.15) is 25.0 Å². The maximum atomic E-state index is 13.6. The fraction of sp³-hybridized carbons (Fsp3) is 0.310. The summed E-state index contributed by atoms with van der Waals surface area (Å²) in [7, 11) is 0. The number of amides is 2. The van der Waals surface area contributed by atoms with Crippen LogP contribution in [0.2, 0.25) is 0 Å². The summed E-state index contributed by atoms with van der Waals surface area (Å²) < 4.78 is 5.40. The van der Waals surface area contributed by atoms with Crippen molar-refractivity contribution >= 4 is 12.0 Å². The van der Waals surface area contributed by atoms with Crippen LogP contribution in [0.5, 0.6) is 5.75 Å². The fourth-order valence-electron chi connectivity index (χ4n) is 4.55. The molecule has 1 fully saturated rings. The van der Waals surface area contributed by atoms with Crippen LogP contribution in [0.25, 0.3) is 0 Å². The molecule has 0 saturated carbocycles. The number of nitrogens with one attached hydrogen (secondary N) is 2. The van der Waals surface area contributed by atoms with Crippen molar-refractivity contribution in [3.8, 4) is 5.75 Å². The highest BCUT2D eigenvalue weighted by Gasteiger charge is 2.46. The largest absolute Gasteiger partial charge is 0.412 e. The van der Waals surface area contributed by atoms with E-state index in [2.05, 4.69) is 10.6 Å². The van der Waals surface area contributed by atoms with E-state index in [0.717, 1.165) is 11.1 Å². The second-order valence-corrected chi connectivity index (χ2v) is 9.42. The van der Waals surface area contributed by atoms with Gasteiger partial charge in [0, 0.05) is 6.54 Å². The summed E-state index contributed by atoms with van der Waals surface area (Å²) in [5.74, 6) is 0.326. The molecule has 36 heavy (non-hydrogen) atoms. The van der Waals surface area contributed by atoms with Crippen molar-refractivity contribution in [3.63, 3.8) is 0 Å². The highest BCUT2D eigenvalue weighted by atomic mass is 16.6. The third-order valence-corrected chi connectivity index (χ3v) is 6.37. The number of nitrogens with zero attached hydrogens (tertiary/aromatic N) is 1. The van der Waals surface area contributed by atoms with Crippen LogP contribution in [-0.4, -0.2) is 46.4 Å². The zero-order chi connectivity index (χ0) is 25.5. The molecule has 3 aromatic rings. The molecular formula is C29H33N3O4. The van der Waals surface area contributed by atoms with Crippen LogP contribution in [0.15, 0.2) is 91.0 Å². The van der Waals surface area contributed by atoms with E-state index in [1.165, 1.54) is 0 Å². The Hall–Kier alpha value is -3.68. The number of rotatable bonds is 9. The number of hydrogen-bond acceptors (Lipinski definition) is 5. The Balaban J connectivity index is 1.53. The van der Waals surface area contributed by atoms with Gasteiger partial charge in [-0.15, -0.1) is 0 Å². The van der Waals surface area contributed by atoms with Crippen molar-refractivity contribution in [1.29, 1.82) is 0 Å². The fourth-order valence-corrected chi connectivity index (χ4v) is 4.55. The number of carbonyl (C=O) groups is 2. The number of hydrogen-bond donors (Lipinski definition) is 3. The van der Waals surface area contributed by atoms with Crippen LogP contribution < -0.4 is 15.4 Å². The monoisotopic (exact) mass is 487 g/mol. The standard InChI is InChI=1S/C29H33N3O4/c1-20(2)27-31-25(28(34)32(27)19-22-14-8-4-9-15-22)26(33)24(18-21-12-6-3-7-13-21)30-29(35)36-23-16-10-5-11-17-23/h3-17,20,24-27,31,33H,18-19H2,1-2H3,(H,30,35)/t24-,25-,26-,27?/m0/s1. The number of ether oxygens (including phenoxy) is 1. The van der Waals surface area contributed by atoms with Crippen LogP contribution >= 0.6 is 0 Å². The number of para-hydroxylation sites is 1. The summed E-state index contributed by atoms with van der Waals surface area (Å²) in [6, 6.07) is 26.4. The summed E-state index contributed by atoms with van der Waals surface area (Å²) in [5, 5.41) is 17.6. The summed E-state index contributed by atoms with van der Waals surface area (Å²) in [6.45, 7) is 4.51. The van der Waals surface area contributed by atoms with E-state index in [9.17, 15) is 14.7 Å². The molecule has 0 aliphatic carbocycles. The van der Waals surface area contributed by atoms with Crippen LogP contribution in [-0.2, 0) is 17.8 Å². The quantitative estimate of drug-likeness (QED) is 0.428. The summed E-state index contributed by atoms with van der Waals surface area (Å²) >= 11 is 0. The number of aliphatic hydroxyl groups is 1. The Morgan fingerprint density at radius 2 is 1.50 bits per heavy atom. The molecule has 7 heteroatoms. The highest BCUT2D eigenvalue weighted by Crippen LogP contribution is 2.24. The zero-order valence-corrected chi connectivity index (χ0v) is 20.6. The first-order chi connectivity index (χ1) is 17.4. The topological polar surface area (TPSA) is 90.9 Å². The van der Waals surface area contributed by atoms with E-state index in [-0.39, 0.29) is 18.0 Å². The molecule has 7 nitrogen and oxygen atoms in total. The summed E-state index contributed by atoms with van der Waals surface area (Å²) in [4.78, 5) is 28.1. The Labute approximate surface area is 212 Å². The second kappa shape index (κ2) is 11.8. The Bertz CT molecular complexity index is 1130. The van der Waals surface area contributed by atoms with E-state index in [4.69, 9.17) is 4.74 Å². The molecule has 1 aliphatic heterocycles. The van der Waals surface area contributed by atoms with Crippen LogP contribution in [0, 0.1) is 5.92 Å². The van der Waals surface area contributed by atoms with Gasteiger partial charge in [-0.25, -0.2) is 4.79 Å². The molecule has 188 valence electrons. The van der Waals surface area contributed by atoms with Crippen molar-refractivity contribution in [2.24, 2.45) is 5.92 Å². The maximum absolute atomic E-state index is 13.6. The van der Waals surface area contributed by atoms with Crippen molar-refractivity contribution in [2.75, 3.05) is 0 Å². The third-order valence-electron chi connectivity index (χ3n) is 6.37. The van der Waals surface area contributed by atoms with E-state index >= 15 is 0 Å². The molecule has 4 atom stereocenters. The molecular weight excluding hydrogens is 454 g/mol. The minimum absolute atomic E-state index is 0.124. The lowest BCUT2D eigenvalue weighted by Gasteiger charge is -2.27. The predicted molar refractivity (Wildman–Crippen MR) is 138 cm³/mol. The zero-order valence-electron chi connectivity index (χ0n) is 20.6. The normalized spacial score (nSPS) is 19.2. The molecule has 1 heterocycles. The van der Waals surface area contributed by atoms with Crippen molar-refractivity contribution in [2.45, 2.75) is 51.2 Å². The van der Waals surface area contributed by atoms with Crippen LogP contribution in [0.3, 0.4) is 0 Å². The van der Waals surface area contributed by atoms with Crippen molar-refractivity contribution < 1.29 is 19.4 Å². The van der Waals surface area contributed by atoms with Crippen LogP contribution in [0.4, 0.5) is 4.79 Å². The Morgan fingerprint density at radius 3 is 2.08 bits per heavy atom. The first-order valence-corrected chi connectivity index (χ1v) is 12.3. The van der Waals surface area contributed by atoms with Gasteiger partial charge in [-0.1, -0.05) is 92.7 Å². The van der Waals surface area contributed by atoms with E-state index < -0.39 is 24.3 Å². The van der Waals surface area contributed by atoms with Gasteiger partial charge in [0.25, 0.3) is 0 Å². The summed E-state index contributed by atoms with van der Waals surface area (Å²) in [5.41, 5.74) is 1.94. The third kappa shape index (κ3) is 6.30. The lowest BCUT2D eigenvalue weighted by Crippen LogP contribution is -2.55. The van der Waals surface area contributed by atoms with Gasteiger partial charge in [-0.2, -0.15) is 0 Å². The van der Waals surface area contributed by atoms with Gasteiger partial charge < -0.3 is 20.1 Å². The van der Waals surface area contributed by atoms with Gasteiger partial charge in [-0.05, 0) is 35.6 Å². The van der Waals surface area contributed by atoms with Crippen molar-refractivity contribution in [3.05, 3.63) is 102 Å². The highest BCUT2D eigenvalue weighted by molar-refractivity contribution is 5.85. The van der Waals surface area contributed by atoms with Crippen molar-refractivity contribution in [1.82, 2.24) is 15.5 Å². The first kappa shape index (κ1) is 25.4. The molecule has 0 bridgehead atoms. The molecule has 0 radical (unpaired) electrons. The van der Waals surface area contributed by atoms with Gasteiger partial charge in [0.15, 0.2) is 0 Å². The molecule has 3 aromatic carbocycles. The first-order valence-electron chi connectivity index (χ1n) is 12.3. The van der Waals surface area contributed by atoms with Gasteiger partial charge in [0.2, 0.25) is 5.91 Å². The second-order valence-electron chi connectivity index (χ2n) is 9.42. The molecule has 0 spiro atoms. The molecule has 4 rings (SSSR count). The maximum Gasteiger partial charge on any atom is 0.412 e. The summed E-state index contributed by atoms with van der Waals surface area (Å²) in [6.07, 6.45) is -1.77. The molecule has 0 aromatic heterocycles. The smallest absolute Gasteiger partial charge is 0.410 e. The lowest BCUT2D eigenvalue weighted by molar-refractivity contribution is -0.133. The van der Waals surface area contributed by atoms with Gasteiger partial charge in [-0.3, -0.25) is 10.1 Å². The Morgan fingerprint density at radius 1 is 0.944 bits per heavy atom. The number of aliphatic hydroxyl groups excluding tert-OH is 1. The molecule has 3 N–H and O–H groups in total. The molecule has 2 amide bonds. The lowest BCUT2D eigenvalue weighted by atomic mass is 9.96. The van der Waals surface area contributed by atoms with E-state index in [0.29, 0.717) is 18.7 Å². The SMILES string of the molecule is CC(C)C1N[C@@H]([C@@H](O)[C@H](Cc2ccccc2)NC(=O)Oc2ccccc2)C(=O)N1Cc1ccccc1. The van der Waals surface area contributed by atoms with Gasteiger partial charge in [0.1, 0.15) is 11.8 Å². The van der Waals surface area contributed by atoms with E-state index in [1.807, 2.05) is 80.6 Å². The van der Waals surface area contributed by atoms with Gasteiger partial charge in [0.05, 0.1) is 18.3 Å². The molecule has 1 aliphatic rings. The number of carbonyl (C=O) groups excluding carboxylic acids is 2.